The molecule has 132 valence electrons. The summed E-state index contributed by atoms with van der Waals surface area (Å²) in [7, 11) is 3.07. The molecule has 6 nitrogen and oxygen atoms in total. The van der Waals surface area contributed by atoms with Gasteiger partial charge in [0.05, 0.1) is 19.7 Å². The van der Waals surface area contributed by atoms with Gasteiger partial charge in [0.25, 0.3) is 5.91 Å². The van der Waals surface area contributed by atoms with Crippen LogP contribution in [0.25, 0.3) is 10.9 Å². The van der Waals surface area contributed by atoms with E-state index < -0.39 is 5.91 Å². The third kappa shape index (κ3) is 2.50. The molecule has 2 aromatic carbocycles. The fourth-order valence-electron chi connectivity index (χ4n) is 3.43. The van der Waals surface area contributed by atoms with E-state index in [1.807, 2.05) is 16.7 Å². The number of rotatable bonds is 4. The maximum absolute atomic E-state index is 12.8. The van der Waals surface area contributed by atoms with Gasteiger partial charge in [0.2, 0.25) is 5.43 Å². The highest BCUT2D eigenvalue weighted by Gasteiger charge is 2.20. The van der Waals surface area contributed by atoms with Crippen LogP contribution in [0, 0.1) is 0 Å². The first kappa shape index (κ1) is 16.2. The molecule has 1 aromatic heterocycles. The van der Waals surface area contributed by atoms with E-state index in [2.05, 4.69) is 5.32 Å². The summed E-state index contributed by atoms with van der Waals surface area (Å²) in [5.74, 6) is 0.630. The molecule has 3 aromatic rings. The van der Waals surface area contributed by atoms with Crippen molar-refractivity contribution in [1.82, 2.24) is 4.57 Å². The van der Waals surface area contributed by atoms with Crippen molar-refractivity contribution in [3.63, 3.8) is 0 Å². The van der Waals surface area contributed by atoms with Crippen LogP contribution in [0.5, 0.6) is 11.5 Å². The molecule has 1 amide bonds. The number of hydrogen-bond donors (Lipinski definition) is 1. The Bertz CT molecular complexity index is 1090. The normalized spacial score (nSPS) is 12.2. The van der Waals surface area contributed by atoms with Gasteiger partial charge in [-0.25, -0.2) is 0 Å². The number of benzene rings is 2. The summed E-state index contributed by atoms with van der Waals surface area (Å²) < 4.78 is 12.4. The third-order valence-electron chi connectivity index (χ3n) is 4.69. The summed E-state index contributed by atoms with van der Waals surface area (Å²) in [6.45, 7) is 0.771. The van der Waals surface area contributed by atoms with E-state index in [0.29, 0.717) is 22.6 Å². The minimum Gasteiger partial charge on any atom is -0.493 e. The number of pyridine rings is 1. The minimum absolute atomic E-state index is 0.131. The lowest BCUT2D eigenvalue weighted by atomic mass is 10.1. The summed E-state index contributed by atoms with van der Waals surface area (Å²) in [4.78, 5) is 25.5. The quantitative estimate of drug-likeness (QED) is 0.786. The molecule has 0 saturated heterocycles. The lowest BCUT2D eigenvalue weighted by molar-refractivity contribution is 0.102. The predicted octanol–water partition coefficient (Wildman–Crippen LogP) is 2.83. The Morgan fingerprint density at radius 2 is 1.92 bits per heavy atom. The van der Waals surface area contributed by atoms with E-state index in [9.17, 15) is 9.59 Å². The van der Waals surface area contributed by atoms with Crippen molar-refractivity contribution in [2.75, 3.05) is 19.5 Å². The van der Waals surface area contributed by atoms with Crippen molar-refractivity contribution in [1.29, 1.82) is 0 Å². The van der Waals surface area contributed by atoms with Crippen molar-refractivity contribution in [3.05, 3.63) is 63.9 Å². The number of carbonyl (C=O) groups is 1. The maximum atomic E-state index is 12.8. The standard InChI is InChI=1S/C20H18N2O4/c1-25-16-7-6-13(10-17(16)26-2)21-20(24)15-11-22-9-8-12-4-3-5-14(18(12)22)19(15)23/h3-7,10-11H,8-9H2,1-2H3,(H,21,24). The highest BCUT2D eigenvalue weighted by molar-refractivity contribution is 6.06. The number of anilines is 1. The second-order valence-electron chi connectivity index (χ2n) is 6.15. The van der Waals surface area contributed by atoms with Crippen LogP contribution in [0.15, 0.2) is 47.4 Å². The Morgan fingerprint density at radius 3 is 2.69 bits per heavy atom. The number of ether oxygens (including phenoxy) is 2. The molecular formula is C20H18N2O4. The van der Waals surface area contributed by atoms with Gasteiger partial charge in [0.15, 0.2) is 11.5 Å². The van der Waals surface area contributed by atoms with Crippen molar-refractivity contribution in [2.45, 2.75) is 13.0 Å². The molecule has 1 aliphatic heterocycles. The summed E-state index contributed by atoms with van der Waals surface area (Å²) >= 11 is 0. The number of nitrogens with zero attached hydrogens (tertiary/aromatic N) is 1. The van der Waals surface area contributed by atoms with Crippen LogP contribution in [-0.4, -0.2) is 24.7 Å². The average molecular weight is 350 g/mol. The van der Waals surface area contributed by atoms with Crippen LogP contribution in [0.4, 0.5) is 5.69 Å². The Labute approximate surface area is 150 Å². The third-order valence-corrected chi connectivity index (χ3v) is 4.69. The number of methoxy groups -OCH3 is 2. The van der Waals surface area contributed by atoms with E-state index in [4.69, 9.17) is 9.47 Å². The molecule has 4 rings (SSSR count). The topological polar surface area (TPSA) is 69.6 Å². The molecule has 2 heterocycles. The van der Waals surface area contributed by atoms with Crippen molar-refractivity contribution < 1.29 is 14.3 Å². The minimum atomic E-state index is -0.440. The number of aromatic nitrogens is 1. The summed E-state index contributed by atoms with van der Waals surface area (Å²) in [5, 5.41) is 3.35. The monoisotopic (exact) mass is 350 g/mol. The van der Waals surface area contributed by atoms with Crippen LogP contribution >= 0.6 is 0 Å². The van der Waals surface area contributed by atoms with Gasteiger partial charge >= 0.3 is 0 Å². The van der Waals surface area contributed by atoms with Gasteiger partial charge in [-0.15, -0.1) is 0 Å². The Morgan fingerprint density at radius 1 is 1.12 bits per heavy atom. The lowest BCUT2D eigenvalue weighted by Crippen LogP contribution is -2.23. The first-order valence-electron chi connectivity index (χ1n) is 8.31. The van der Waals surface area contributed by atoms with Crippen LogP contribution < -0.4 is 20.2 Å². The molecule has 1 N–H and O–H groups in total. The van der Waals surface area contributed by atoms with Gasteiger partial charge in [-0.2, -0.15) is 0 Å². The SMILES string of the molecule is COc1ccc(NC(=O)c2cn3c4c(cccc4c2=O)CC3)cc1OC. The number of carbonyl (C=O) groups excluding carboxylic acids is 1. The fourth-order valence-corrected chi connectivity index (χ4v) is 3.43. The summed E-state index contributed by atoms with van der Waals surface area (Å²) in [6.07, 6.45) is 2.52. The van der Waals surface area contributed by atoms with E-state index >= 15 is 0 Å². The van der Waals surface area contributed by atoms with Crippen molar-refractivity contribution in [3.8, 4) is 11.5 Å². The second kappa shape index (κ2) is 6.22. The highest BCUT2D eigenvalue weighted by atomic mass is 16.5. The van der Waals surface area contributed by atoms with Crippen LogP contribution in [0.2, 0.25) is 0 Å². The zero-order chi connectivity index (χ0) is 18.3. The van der Waals surface area contributed by atoms with E-state index in [-0.39, 0.29) is 11.0 Å². The van der Waals surface area contributed by atoms with Crippen LogP contribution in [0.3, 0.4) is 0 Å². The Hall–Kier alpha value is -3.28. The first-order chi connectivity index (χ1) is 12.6. The van der Waals surface area contributed by atoms with Crippen molar-refractivity contribution in [2.24, 2.45) is 0 Å². The number of nitrogens with one attached hydrogen (secondary N) is 1. The molecule has 0 bridgehead atoms. The van der Waals surface area contributed by atoms with Gasteiger partial charge in [0, 0.05) is 29.9 Å². The maximum Gasteiger partial charge on any atom is 0.261 e. The lowest BCUT2D eigenvalue weighted by Gasteiger charge is -2.12. The van der Waals surface area contributed by atoms with E-state index in [0.717, 1.165) is 24.0 Å². The molecule has 0 spiro atoms. The molecule has 0 aliphatic carbocycles. The van der Waals surface area contributed by atoms with Gasteiger partial charge in [-0.1, -0.05) is 12.1 Å². The number of para-hydroxylation sites is 1. The molecule has 0 radical (unpaired) electrons. The molecule has 26 heavy (non-hydrogen) atoms. The summed E-state index contributed by atoms with van der Waals surface area (Å²) in [5.41, 5.74) is 2.48. The number of aryl methyl sites for hydroxylation is 2. The largest absolute Gasteiger partial charge is 0.493 e. The second-order valence-corrected chi connectivity index (χ2v) is 6.15. The summed E-state index contributed by atoms with van der Waals surface area (Å²) in [6, 6.07) is 10.7. The van der Waals surface area contributed by atoms with Gasteiger partial charge in [0.1, 0.15) is 5.56 Å². The van der Waals surface area contributed by atoms with E-state index in [1.54, 1.807) is 37.6 Å². The molecule has 1 aliphatic rings. The Balaban J connectivity index is 1.72. The zero-order valence-corrected chi connectivity index (χ0v) is 14.5. The highest BCUT2D eigenvalue weighted by Crippen LogP contribution is 2.30. The van der Waals surface area contributed by atoms with Crippen LogP contribution in [-0.2, 0) is 13.0 Å². The molecule has 0 saturated carbocycles. The predicted molar refractivity (Wildman–Crippen MR) is 99.4 cm³/mol. The Kier molecular flexibility index (Phi) is 3.88. The van der Waals surface area contributed by atoms with Crippen molar-refractivity contribution >= 4 is 22.5 Å². The zero-order valence-electron chi connectivity index (χ0n) is 14.5. The smallest absolute Gasteiger partial charge is 0.261 e. The average Bonchev–Trinajstić information content (AvgIpc) is 3.08. The van der Waals surface area contributed by atoms with Crippen LogP contribution in [0.1, 0.15) is 15.9 Å². The van der Waals surface area contributed by atoms with Gasteiger partial charge in [-0.3, -0.25) is 9.59 Å². The molecule has 0 unspecified atom stereocenters. The molecule has 0 atom stereocenters. The number of hydrogen-bond acceptors (Lipinski definition) is 4. The first-order valence-corrected chi connectivity index (χ1v) is 8.31. The molecule has 6 heteroatoms. The van der Waals surface area contributed by atoms with Gasteiger partial charge in [-0.05, 0) is 30.2 Å². The number of amides is 1. The molecule has 0 fully saturated rings. The van der Waals surface area contributed by atoms with E-state index in [1.165, 1.54) is 7.11 Å². The molecular weight excluding hydrogens is 332 g/mol. The van der Waals surface area contributed by atoms with Gasteiger partial charge < -0.3 is 19.4 Å². The fraction of sp³-hybridized carbons (Fsp3) is 0.200.